The van der Waals surface area contributed by atoms with Gasteiger partial charge in [0.05, 0.1) is 0 Å². The van der Waals surface area contributed by atoms with E-state index in [1.807, 2.05) is 13.2 Å². The number of anilines is 2. The second-order valence-corrected chi connectivity index (χ2v) is 5.65. The third kappa shape index (κ3) is 3.22. The molecule has 110 valence electrons. The zero-order valence-electron chi connectivity index (χ0n) is 12.1. The van der Waals surface area contributed by atoms with Crippen LogP contribution < -0.4 is 15.5 Å². The van der Waals surface area contributed by atoms with E-state index in [1.54, 1.807) is 0 Å². The molecule has 1 aromatic rings. The monoisotopic (exact) mass is 276 g/mol. The maximum Gasteiger partial charge on any atom is 0.128 e. The molecule has 2 saturated heterocycles. The lowest BCUT2D eigenvalue weighted by molar-refractivity contribution is 0.0904. The number of hydrogen-bond acceptors (Lipinski definition) is 5. The van der Waals surface area contributed by atoms with E-state index in [0.717, 1.165) is 45.0 Å². The Labute approximate surface area is 120 Å². The summed E-state index contributed by atoms with van der Waals surface area (Å²) in [6, 6.07) is 5.38. The molecule has 5 heteroatoms. The van der Waals surface area contributed by atoms with Gasteiger partial charge in [-0.3, -0.25) is 0 Å². The van der Waals surface area contributed by atoms with Crippen LogP contribution >= 0.6 is 0 Å². The molecule has 1 atom stereocenters. The first-order valence-electron chi connectivity index (χ1n) is 7.57. The third-order valence-corrected chi connectivity index (χ3v) is 4.28. The van der Waals surface area contributed by atoms with E-state index in [1.165, 1.54) is 12.1 Å². The average molecular weight is 276 g/mol. The molecule has 1 unspecified atom stereocenters. The van der Waals surface area contributed by atoms with Crippen LogP contribution in [0.1, 0.15) is 19.3 Å². The van der Waals surface area contributed by atoms with Gasteiger partial charge >= 0.3 is 0 Å². The van der Waals surface area contributed by atoms with Crippen molar-refractivity contribution in [3.05, 3.63) is 18.3 Å². The maximum absolute atomic E-state index is 5.39. The van der Waals surface area contributed by atoms with Crippen molar-refractivity contribution in [2.45, 2.75) is 31.3 Å². The van der Waals surface area contributed by atoms with E-state index >= 15 is 0 Å². The van der Waals surface area contributed by atoms with E-state index in [2.05, 4.69) is 32.7 Å². The van der Waals surface area contributed by atoms with Gasteiger partial charge in [-0.15, -0.1) is 0 Å². The Morgan fingerprint density at radius 3 is 2.85 bits per heavy atom. The van der Waals surface area contributed by atoms with Crippen LogP contribution in [0.4, 0.5) is 11.5 Å². The normalized spacial score (nSPS) is 24.1. The molecule has 2 aliphatic rings. The highest BCUT2D eigenvalue weighted by molar-refractivity contribution is 5.55. The van der Waals surface area contributed by atoms with Crippen molar-refractivity contribution in [1.82, 2.24) is 10.3 Å². The van der Waals surface area contributed by atoms with Crippen LogP contribution in [0, 0.1) is 0 Å². The van der Waals surface area contributed by atoms with Gasteiger partial charge in [0.25, 0.3) is 0 Å². The summed E-state index contributed by atoms with van der Waals surface area (Å²) in [6.07, 6.45) is 5.25. The fourth-order valence-corrected chi connectivity index (χ4v) is 2.98. The molecule has 2 fully saturated rings. The van der Waals surface area contributed by atoms with Crippen LogP contribution in [0.3, 0.4) is 0 Å². The molecule has 5 nitrogen and oxygen atoms in total. The largest absolute Gasteiger partial charge is 0.381 e. The number of likely N-dealkylation sites (N-methyl/N-ethyl adjacent to an activating group) is 1. The Balaban J connectivity index is 1.63. The standard InChI is InChI=1S/C15H24N4O/c1-16-13-3-7-19(11-13)14-2-6-17-15(10-14)18-12-4-8-20-9-5-12/h2,6,10,12-13,16H,3-5,7-9,11H2,1H3,(H,17,18). The molecule has 0 aromatic carbocycles. The third-order valence-electron chi connectivity index (χ3n) is 4.28. The average Bonchev–Trinajstić information content (AvgIpc) is 2.98. The molecule has 0 aliphatic carbocycles. The van der Waals surface area contributed by atoms with Crippen LogP contribution in [0.5, 0.6) is 0 Å². The summed E-state index contributed by atoms with van der Waals surface area (Å²) >= 11 is 0. The molecule has 0 spiro atoms. The quantitative estimate of drug-likeness (QED) is 0.872. The lowest BCUT2D eigenvalue weighted by atomic mass is 10.1. The smallest absolute Gasteiger partial charge is 0.128 e. The number of hydrogen-bond donors (Lipinski definition) is 2. The Kier molecular flexibility index (Phi) is 4.38. The number of nitrogens with one attached hydrogen (secondary N) is 2. The topological polar surface area (TPSA) is 49.4 Å². The highest BCUT2D eigenvalue weighted by Crippen LogP contribution is 2.23. The van der Waals surface area contributed by atoms with Gasteiger partial charge in [-0.2, -0.15) is 0 Å². The minimum absolute atomic E-state index is 0.495. The molecule has 2 N–H and O–H groups in total. The molecule has 3 rings (SSSR count). The Bertz CT molecular complexity index is 434. The summed E-state index contributed by atoms with van der Waals surface area (Å²) in [7, 11) is 2.04. The van der Waals surface area contributed by atoms with Gasteiger partial charge < -0.3 is 20.3 Å². The molecular weight excluding hydrogens is 252 g/mol. The second kappa shape index (κ2) is 6.41. The Morgan fingerprint density at radius 1 is 1.25 bits per heavy atom. The molecule has 0 bridgehead atoms. The SMILES string of the molecule is CNC1CCN(c2ccnc(NC3CCOCC3)c2)C1. The number of rotatable bonds is 4. The predicted octanol–water partition coefficient (Wildman–Crippen LogP) is 1.47. The highest BCUT2D eigenvalue weighted by Gasteiger charge is 2.21. The van der Waals surface area contributed by atoms with Crippen molar-refractivity contribution in [3.8, 4) is 0 Å². The van der Waals surface area contributed by atoms with Crippen LogP contribution in [-0.2, 0) is 4.74 Å². The van der Waals surface area contributed by atoms with Gasteiger partial charge in [-0.05, 0) is 32.4 Å². The first kappa shape index (κ1) is 13.6. The summed E-state index contributed by atoms with van der Waals surface area (Å²) in [5, 5.41) is 6.89. The molecule has 1 aromatic heterocycles. The van der Waals surface area contributed by atoms with Crippen LogP contribution in [0.15, 0.2) is 18.3 Å². The van der Waals surface area contributed by atoms with E-state index < -0.39 is 0 Å². The lowest BCUT2D eigenvalue weighted by Gasteiger charge is -2.24. The Hall–Kier alpha value is -1.33. The first-order valence-corrected chi connectivity index (χ1v) is 7.57. The molecule has 20 heavy (non-hydrogen) atoms. The molecule has 0 radical (unpaired) electrons. The minimum atomic E-state index is 0.495. The fraction of sp³-hybridized carbons (Fsp3) is 0.667. The Morgan fingerprint density at radius 2 is 2.10 bits per heavy atom. The fourth-order valence-electron chi connectivity index (χ4n) is 2.98. The van der Waals surface area contributed by atoms with Crippen LogP contribution in [0.25, 0.3) is 0 Å². The number of nitrogens with zero attached hydrogens (tertiary/aromatic N) is 2. The molecule has 0 amide bonds. The van der Waals surface area contributed by atoms with Gasteiger partial charge in [0.1, 0.15) is 5.82 Å². The molecule has 3 heterocycles. The first-order chi connectivity index (χ1) is 9.85. The zero-order chi connectivity index (χ0) is 13.8. The van der Waals surface area contributed by atoms with Gasteiger partial charge in [-0.1, -0.05) is 0 Å². The van der Waals surface area contributed by atoms with Crippen LogP contribution in [-0.4, -0.2) is 50.4 Å². The number of pyridine rings is 1. The summed E-state index contributed by atoms with van der Waals surface area (Å²) in [6.45, 7) is 3.91. The lowest BCUT2D eigenvalue weighted by Crippen LogP contribution is -2.30. The zero-order valence-corrected chi connectivity index (χ0v) is 12.1. The van der Waals surface area contributed by atoms with Crippen molar-refractivity contribution in [2.24, 2.45) is 0 Å². The van der Waals surface area contributed by atoms with Gasteiger partial charge in [0, 0.05) is 56.3 Å². The van der Waals surface area contributed by atoms with E-state index in [9.17, 15) is 0 Å². The summed E-state index contributed by atoms with van der Waals surface area (Å²) in [5.41, 5.74) is 1.27. The van der Waals surface area contributed by atoms with Crippen LogP contribution in [0.2, 0.25) is 0 Å². The van der Waals surface area contributed by atoms with E-state index in [4.69, 9.17) is 4.74 Å². The van der Waals surface area contributed by atoms with E-state index in [0.29, 0.717) is 12.1 Å². The van der Waals surface area contributed by atoms with Crippen molar-refractivity contribution in [1.29, 1.82) is 0 Å². The highest BCUT2D eigenvalue weighted by atomic mass is 16.5. The molecule has 0 saturated carbocycles. The van der Waals surface area contributed by atoms with Crippen molar-refractivity contribution >= 4 is 11.5 Å². The minimum Gasteiger partial charge on any atom is -0.381 e. The maximum atomic E-state index is 5.39. The molecular formula is C15H24N4O. The molecule has 2 aliphatic heterocycles. The summed E-state index contributed by atoms with van der Waals surface area (Å²) < 4.78 is 5.39. The van der Waals surface area contributed by atoms with Crippen molar-refractivity contribution in [2.75, 3.05) is 43.6 Å². The summed E-state index contributed by atoms with van der Waals surface area (Å²) in [5.74, 6) is 0.988. The van der Waals surface area contributed by atoms with Gasteiger partial charge in [0.15, 0.2) is 0 Å². The second-order valence-electron chi connectivity index (χ2n) is 5.65. The number of ether oxygens (including phenoxy) is 1. The predicted molar refractivity (Wildman–Crippen MR) is 81.4 cm³/mol. The van der Waals surface area contributed by atoms with Crippen molar-refractivity contribution < 1.29 is 4.74 Å². The summed E-state index contributed by atoms with van der Waals surface area (Å²) in [4.78, 5) is 6.88. The van der Waals surface area contributed by atoms with E-state index in [-0.39, 0.29) is 0 Å². The van der Waals surface area contributed by atoms with Gasteiger partial charge in [-0.25, -0.2) is 4.98 Å². The van der Waals surface area contributed by atoms with Crippen molar-refractivity contribution in [3.63, 3.8) is 0 Å². The van der Waals surface area contributed by atoms with Gasteiger partial charge in [0.2, 0.25) is 0 Å². The number of aromatic nitrogens is 1.